The van der Waals surface area contributed by atoms with Crippen molar-refractivity contribution in [3.05, 3.63) is 48.5 Å². The number of amides is 1. The van der Waals surface area contributed by atoms with Crippen molar-refractivity contribution < 1.29 is 23.6 Å². The first-order chi connectivity index (χ1) is 13.0. The first-order valence-electron chi connectivity index (χ1n) is 8.72. The van der Waals surface area contributed by atoms with E-state index in [1.165, 1.54) is 0 Å². The molecule has 3 rings (SSSR count). The molecule has 0 atom stereocenters. The van der Waals surface area contributed by atoms with Crippen LogP contribution in [0.2, 0.25) is 0 Å². The molecule has 1 fully saturated rings. The summed E-state index contributed by atoms with van der Waals surface area (Å²) in [7, 11) is 0. The number of halogens is 2. The van der Waals surface area contributed by atoms with Gasteiger partial charge in [-0.1, -0.05) is 23.9 Å². The van der Waals surface area contributed by atoms with E-state index in [1.807, 2.05) is 12.1 Å². The molecule has 27 heavy (non-hydrogen) atoms. The largest absolute Gasteiger partial charge is 0.508 e. The Morgan fingerprint density at radius 1 is 1.15 bits per heavy atom. The van der Waals surface area contributed by atoms with E-state index in [2.05, 4.69) is 10.2 Å². The van der Waals surface area contributed by atoms with E-state index in [9.17, 15) is 18.7 Å². The second kappa shape index (κ2) is 9.05. The molecule has 8 heteroatoms. The summed E-state index contributed by atoms with van der Waals surface area (Å²) in [6.45, 7) is 3.54. The third kappa shape index (κ3) is 5.58. The lowest BCUT2D eigenvalue weighted by atomic mass is 10.2. The zero-order valence-electron chi connectivity index (χ0n) is 14.7. The number of para-hydroxylation sites is 1. The Kier molecular flexibility index (Phi) is 6.52. The number of alkyl halides is 2. The van der Waals surface area contributed by atoms with Crippen molar-refractivity contribution in [2.24, 2.45) is 0 Å². The average molecular weight is 394 g/mol. The highest BCUT2D eigenvalue weighted by Crippen LogP contribution is 2.31. The van der Waals surface area contributed by atoms with Gasteiger partial charge in [0.25, 0.3) is 11.7 Å². The van der Waals surface area contributed by atoms with Crippen LogP contribution in [-0.2, 0) is 4.79 Å². The van der Waals surface area contributed by atoms with Gasteiger partial charge in [0.2, 0.25) is 0 Å². The summed E-state index contributed by atoms with van der Waals surface area (Å²) >= 11 is 0.433. The Morgan fingerprint density at radius 2 is 1.81 bits per heavy atom. The topological polar surface area (TPSA) is 57.0 Å². The minimum Gasteiger partial charge on any atom is -0.508 e. The predicted octanol–water partition coefficient (Wildman–Crippen LogP) is 2.05. The van der Waals surface area contributed by atoms with Crippen LogP contribution in [0.15, 0.2) is 53.4 Å². The fourth-order valence-corrected chi connectivity index (χ4v) is 3.71. The number of piperazine rings is 1. The van der Waals surface area contributed by atoms with E-state index in [1.54, 1.807) is 36.4 Å². The number of nitrogens with zero attached hydrogens (tertiary/aromatic N) is 1. The molecule has 0 saturated carbocycles. The van der Waals surface area contributed by atoms with Crippen LogP contribution in [-0.4, -0.2) is 49.5 Å². The van der Waals surface area contributed by atoms with E-state index >= 15 is 0 Å². The lowest BCUT2D eigenvalue weighted by Gasteiger charge is -2.33. The second-order valence-electron chi connectivity index (χ2n) is 6.35. The zero-order valence-corrected chi connectivity index (χ0v) is 15.5. The first-order valence-corrected chi connectivity index (χ1v) is 9.60. The van der Waals surface area contributed by atoms with Gasteiger partial charge in [0.15, 0.2) is 6.54 Å². The summed E-state index contributed by atoms with van der Waals surface area (Å²) in [6.07, 6.45) is 0. The number of benzene rings is 2. The minimum absolute atomic E-state index is 0.176. The highest BCUT2D eigenvalue weighted by molar-refractivity contribution is 7.99. The SMILES string of the molecule is O=C(C[NH+]1CCN(c2ccc(O)cc2)CC1)Nc1ccccc1SC(F)F. The second-order valence-corrected chi connectivity index (χ2v) is 7.38. The van der Waals surface area contributed by atoms with E-state index in [0.29, 0.717) is 28.9 Å². The zero-order chi connectivity index (χ0) is 19.2. The van der Waals surface area contributed by atoms with Gasteiger partial charge in [0.1, 0.15) is 5.75 Å². The van der Waals surface area contributed by atoms with Gasteiger partial charge in [0.05, 0.1) is 31.9 Å². The Morgan fingerprint density at radius 3 is 2.48 bits per heavy atom. The highest BCUT2D eigenvalue weighted by atomic mass is 32.2. The molecule has 0 bridgehead atoms. The molecule has 2 aromatic rings. The Labute approximate surface area is 161 Å². The lowest BCUT2D eigenvalue weighted by molar-refractivity contribution is -0.892. The minimum atomic E-state index is -2.53. The quantitative estimate of drug-likeness (QED) is 0.657. The number of hydrogen-bond acceptors (Lipinski definition) is 4. The third-order valence-corrected chi connectivity index (χ3v) is 5.26. The van der Waals surface area contributed by atoms with Gasteiger partial charge >= 0.3 is 0 Å². The molecular weight excluding hydrogens is 372 g/mol. The summed E-state index contributed by atoms with van der Waals surface area (Å²) in [5.74, 6) is -2.46. The third-order valence-electron chi connectivity index (χ3n) is 4.47. The molecule has 1 aliphatic heterocycles. The number of carbonyl (C=O) groups is 1. The van der Waals surface area contributed by atoms with Crippen LogP contribution in [0.5, 0.6) is 5.75 Å². The van der Waals surface area contributed by atoms with Gasteiger partial charge in [-0.15, -0.1) is 0 Å². The van der Waals surface area contributed by atoms with E-state index < -0.39 is 5.76 Å². The van der Waals surface area contributed by atoms with E-state index in [0.717, 1.165) is 36.8 Å². The maximum atomic E-state index is 12.6. The molecule has 144 valence electrons. The van der Waals surface area contributed by atoms with Crippen molar-refractivity contribution in [3.63, 3.8) is 0 Å². The van der Waals surface area contributed by atoms with Crippen LogP contribution in [0, 0.1) is 0 Å². The fraction of sp³-hybridized carbons (Fsp3) is 0.316. The van der Waals surface area contributed by atoms with Gasteiger partial charge in [-0.2, -0.15) is 8.78 Å². The Balaban J connectivity index is 1.51. The van der Waals surface area contributed by atoms with Gasteiger partial charge < -0.3 is 20.2 Å². The molecule has 3 N–H and O–H groups in total. The number of phenols is 1. The molecule has 1 amide bonds. The molecule has 0 spiro atoms. The summed E-state index contributed by atoms with van der Waals surface area (Å²) in [5, 5.41) is 12.1. The van der Waals surface area contributed by atoms with Crippen molar-refractivity contribution in [2.45, 2.75) is 10.7 Å². The van der Waals surface area contributed by atoms with Crippen molar-refractivity contribution in [1.29, 1.82) is 0 Å². The number of quaternary nitrogens is 1. The van der Waals surface area contributed by atoms with Gasteiger partial charge in [0, 0.05) is 10.6 Å². The van der Waals surface area contributed by atoms with Crippen LogP contribution < -0.4 is 15.1 Å². The van der Waals surface area contributed by atoms with Crippen molar-refractivity contribution in [1.82, 2.24) is 0 Å². The normalized spacial score (nSPS) is 15.1. The number of anilines is 2. The molecule has 1 saturated heterocycles. The summed E-state index contributed by atoms with van der Waals surface area (Å²) in [4.78, 5) is 16.1. The van der Waals surface area contributed by atoms with Crippen LogP contribution in [0.3, 0.4) is 0 Å². The highest BCUT2D eigenvalue weighted by Gasteiger charge is 2.23. The van der Waals surface area contributed by atoms with Gasteiger partial charge in [-0.3, -0.25) is 4.79 Å². The molecule has 2 aromatic carbocycles. The number of rotatable bonds is 6. The number of carbonyl (C=O) groups excluding carboxylic acids is 1. The molecule has 0 radical (unpaired) electrons. The number of thioether (sulfide) groups is 1. The lowest BCUT2D eigenvalue weighted by Crippen LogP contribution is -3.15. The van der Waals surface area contributed by atoms with Crippen LogP contribution >= 0.6 is 11.8 Å². The maximum absolute atomic E-state index is 12.6. The molecule has 5 nitrogen and oxygen atoms in total. The van der Waals surface area contributed by atoms with Gasteiger partial charge in [-0.25, -0.2) is 0 Å². The van der Waals surface area contributed by atoms with Crippen LogP contribution in [0.1, 0.15) is 0 Å². The number of phenolic OH excluding ortho intramolecular Hbond substituents is 1. The standard InChI is InChI=1S/C19H21F2N3O2S/c20-19(21)27-17-4-2-1-3-16(17)22-18(26)13-23-9-11-24(12-10-23)14-5-7-15(25)8-6-14/h1-8,19,25H,9-13H2,(H,22,26)/p+1. The maximum Gasteiger partial charge on any atom is 0.288 e. The molecule has 0 aromatic heterocycles. The number of hydrogen-bond donors (Lipinski definition) is 3. The summed E-state index contributed by atoms with van der Waals surface area (Å²) in [6, 6.07) is 13.7. The van der Waals surface area contributed by atoms with Crippen molar-refractivity contribution in [2.75, 3.05) is 42.9 Å². The molecular formula is C19H22F2N3O2S+. The molecule has 1 aliphatic rings. The predicted molar refractivity (Wildman–Crippen MR) is 103 cm³/mol. The molecule has 1 heterocycles. The monoisotopic (exact) mass is 394 g/mol. The average Bonchev–Trinajstić information content (AvgIpc) is 2.64. The van der Waals surface area contributed by atoms with E-state index in [4.69, 9.17) is 0 Å². The molecule has 0 unspecified atom stereocenters. The first kappa shape index (κ1) is 19.4. The molecule has 0 aliphatic carbocycles. The number of aromatic hydroxyl groups is 1. The van der Waals surface area contributed by atoms with Gasteiger partial charge in [-0.05, 0) is 36.4 Å². The van der Waals surface area contributed by atoms with Crippen molar-refractivity contribution in [3.8, 4) is 5.75 Å². The summed E-state index contributed by atoms with van der Waals surface area (Å²) in [5.41, 5.74) is 1.48. The Bertz CT molecular complexity index is 766. The smallest absolute Gasteiger partial charge is 0.288 e. The van der Waals surface area contributed by atoms with Crippen molar-refractivity contribution >= 4 is 29.0 Å². The van der Waals surface area contributed by atoms with E-state index in [-0.39, 0.29) is 11.7 Å². The summed E-state index contributed by atoms with van der Waals surface area (Å²) < 4.78 is 25.3. The number of nitrogens with one attached hydrogen (secondary N) is 2. The Hall–Kier alpha value is -2.32. The van der Waals surface area contributed by atoms with Crippen LogP contribution in [0.4, 0.5) is 20.2 Å². The fourth-order valence-electron chi connectivity index (χ4n) is 3.11. The van der Waals surface area contributed by atoms with Crippen LogP contribution in [0.25, 0.3) is 0 Å².